The highest BCUT2D eigenvalue weighted by atomic mass is 79.9. The average Bonchev–Trinajstić information content (AvgIpc) is 2.88. The molecule has 0 saturated heterocycles. The van der Waals surface area contributed by atoms with Gasteiger partial charge in [0.15, 0.2) is 10.9 Å². The lowest BCUT2D eigenvalue weighted by atomic mass is 10.2. The molecule has 0 aliphatic heterocycles. The fourth-order valence-corrected chi connectivity index (χ4v) is 4.84. The van der Waals surface area contributed by atoms with E-state index < -0.39 is 0 Å². The van der Waals surface area contributed by atoms with Crippen LogP contribution in [0.4, 0.5) is 0 Å². The van der Waals surface area contributed by atoms with Crippen molar-refractivity contribution >= 4 is 55.0 Å². The number of halogens is 1. The Morgan fingerprint density at radius 1 is 1.28 bits per heavy atom. The number of fused-ring (bicyclic) bond motifs is 1. The molecule has 0 saturated carbocycles. The summed E-state index contributed by atoms with van der Waals surface area (Å²) in [6, 6.07) is 7.29. The number of nitrogens with zero attached hydrogens (tertiary/aromatic N) is 2. The normalized spacial score (nSPS) is 11.2. The summed E-state index contributed by atoms with van der Waals surface area (Å²) in [6.07, 6.45) is 0. The fourth-order valence-electron chi connectivity index (χ4n) is 2.55. The van der Waals surface area contributed by atoms with Crippen molar-refractivity contribution in [2.75, 3.05) is 5.75 Å². The number of carbonyl (C=O) groups is 1. The minimum Gasteiger partial charge on any atom is -0.293 e. The van der Waals surface area contributed by atoms with E-state index in [1.807, 2.05) is 32.9 Å². The van der Waals surface area contributed by atoms with Crippen LogP contribution in [-0.4, -0.2) is 21.1 Å². The second kappa shape index (κ2) is 7.43. The fraction of sp³-hybridized carbons (Fsp3) is 0.278. The van der Waals surface area contributed by atoms with Gasteiger partial charge < -0.3 is 0 Å². The topological polar surface area (TPSA) is 52.0 Å². The number of ketones is 1. The predicted molar refractivity (Wildman–Crippen MR) is 108 cm³/mol. The van der Waals surface area contributed by atoms with E-state index in [1.165, 1.54) is 23.1 Å². The van der Waals surface area contributed by atoms with Crippen LogP contribution < -0.4 is 5.56 Å². The molecular formula is C18H17BrN2O2S2. The van der Waals surface area contributed by atoms with Gasteiger partial charge in [-0.15, -0.1) is 11.3 Å². The summed E-state index contributed by atoms with van der Waals surface area (Å²) in [4.78, 5) is 31.7. The first-order valence-corrected chi connectivity index (χ1v) is 10.4. The Morgan fingerprint density at radius 3 is 2.60 bits per heavy atom. The first-order chi connectivity index (χ1) is 11.9. The summed E-state index contributed by atoms with van der Waals surface area (Å²) < 4.78 is 2.59. The molecule has 0 aliphatic rings. The number of hydrogen-bond acceptors (Lipinski definition) is 5. The van der Waals surface area contributed by atoms with E-state index in [-0.39, 0.29) is 17.1 Å². The zero-order valence-corrected chi connectivity index (χ0v) is 17.3. The van der Waals surface area contributed by atoms with Gasteiger partial charge in [-0.2, -0.15) is 0 Å². The van der Waals surface area contributed by atoms with Crippen molar-refractivity contribution in [1.29, 1.82) is 0 Å². The second-order valence-corrected chi connectivity index (χ2v) is 8.69. The minimum absolute atomic E-state index is 0.0204. The summed E-state index contributed by atoms with van der Waals surface area (Å²) in [6.45, 7) is 6.41. The summed E-state index contributed by atoms with van der Waals surface area (Å²) in [5.41, 5.74) is 1.64. The van der Waals surface area contributed by atoms with E-state index >= 15 is 0 Å². The lowest BCUT2D eigenvalue weighted by molar-refractivity contribution is 0.102. The third-order valence-corrected chi connectivity index (χ3v) is 6.67. The quantitative estimate of drug-likeness (QED) is 0.326. The maximum atomic E-state index is 12.8. The Morgan fingerprint density at radius 2 is 1.96 bits per heavy atom. The summed E-state index contributed by atoms with van der Waals surface area (Å²) >= 11 is 6.22. The van der Waals surface area contributed by atoms with Gasteiger partial charge in [0.05, 0.1) is 11.1 Å². The molecule has 0 fully saturated rings. The SMILES string of the molecule is CCn1c(SCC(=O)c2ccc(Br)cc2)nc2sc(C)c(C)c2c1=O. The van der Waals surface area contributed by atoms with Crippen LogP contribution in [0, 0.1) is 13.8 Å². The molecule has 0 bridgehead atoms. The van der Waals surface area contributed by atoms with Gasteiger partial charge in [-0.25, -0.2) is 4.98 Å². The molecule has 2 heterocycles. The molecule has 3 aromatic rings. The molecule has 3 rings (SSSR count). The number of carbonyl (C=O) groups excluding carboxylic acids is 1. The van der Waals surface area contributed by atoms with Crippen LogP contribution in [0.1, 0.15) is 27.7 Å². The first-order valence-electron chi connectivity index (χ1n) is 7.84. The number of aryl methyl sites for hydroxylation is 2. The molecule has 0 atom stereocenters. The van der Waals surface area contributed by atoms with Crippen molar-refractivity contribution in [1.82, 2.24) is 9.55 Å². The van der Waals surface area contributed by atoms with E-state index in [0.717, 1.165) is 19.7 Å². The summed E-state index contributed by atoms with van der Waals surface area (Å²) in [7, 11) is 0. The predicted octanol–water partition coefficient (Wildman–Crippen LogP) is 4.83. The van der Waals surface area contributed by atoms with E-state index in [1.54, 1.807) is 16.7 Å². The second-order valence-electron chi connectivity index (χ2n) is 5.63. The molecule has 0 N–H and O–H groups in total. The highest BCUT2D eigenvalue weighted by molar-refractivity contribution is 9.10. The van der Waals surface area contributed by atoms with Gasteiger partial charge in [-0.3, -0.25) is 14.2 Å². The van der Waals surface area contributed by atoms with E-state index in [0.29, 0.717) is 22.7 Å². The zero-order chi connectivity index (χ0) is 18.1. The van der Waals surface area contributed by atoms with Gasteiger partial charge in [0.25, 0.3) is 5.56 Å². The molecule has 0 aliphatic carbocycles. The summed E-state index contributed by atoms with van der Waals surface area (Å²) in [5.74, 6) is 0.274. The highest BCUT2D eigenvalue weighted by Gasteiger charge is 2.17. The van der Waals surface area contributed by atoms with Crippen LogP contribution in [0.25, 0.3) is 10.2 Å². The van der Waals surface area contributed by atoms with Crippen LogP contribution in [-0.2, 0) is 6.54 Å². The smallest absolute Gasteiger partial charge is 0.263 e. The van der Waals surface area contributed by atoms with E-state index in [9.17, 15) is 9.59 Å². The van der Waals surface area contributed by atoms with Gasteiger partial charge in [0.1, 0.15) is 4.83 Å². The number of benzene rings is 1. The third-order valence-electron chi connectivity index (χ3n) is 4.07. The molecule has 130 valence electrons. The van der Waals surface area contributed by atoms with Crippen molar-refractivity contribution in [3.63, 3.8) is 0 Å². The van der Waals surface area contributed by atoms with Gasteiger partial charge in [0.2, 0.25) is 0 Å². The Hall–Kier alpha value is -1.44. The Balaban J connectivity index is 1.92. The molecule has 2 aromatic heterocycles. The lowest BCUT2D eigenvalue weighted by Gasteiger charge is -2.09. The number of Topliss-reactive ketones (excluding diaryl/α,β-unsaturated/α-hetero) is 1. The monoisotopic (exact) mass is 436 g/mol. The number of aromatic nitrogens is 2. The van der Waals surface area contributed by atoms with Crippen molar-refractivity contribution in [2.24, 2.45) is 0 Å². The molecule has 1 aromatic carbocycles. The van der Waals surface area contributed by atoms with Crippen LogP contribution in [0.15, 0.2) is 38.7 Å². The maximum Gasteiger partial charge on any atom is 0.263 e. The highest BCUT2D eigenvalue weighted by Crippen LogP contribution is 2.28. The van der Waals surface area contributed by atoms with E-state index in [2.05, 4.69) is 20.9 Å². The van der Waals surface area contributed by atoms with Gasteiger partial charge in [-0.1, -0.05) is 39.8 Å². The molecule has 0 unspecified atom stereocenters. The van der Waals surface area contributed by atoms with Gasteiger partial charge in [-0.05, 0) is 38.5 Å². The largest absolute Gasteiger partial charge is 0.293 e. The van der Waals surface area contributed by atoms with Crippen LogP contribution in [0.2, 0.25) is 0 Å². The Bertz CT molecular complexity index is 1010. The zero-order valence-electron chi connectivity index (χ0n) is 14.1. The third kappa shape index (κ3) is 3.59. The van der Waals surface area contributed by atoms with Gasteiger partial charge >= 0.3 is 0 Å². The van der Waals surface area contributed by atoms with Crippen molar-refractivity contribution in [3.8, 4) is 0 Å². The Labute approximate surface area is 162 Å². The minimum atomic E-state index is -0.0204. The molecule has 25 heavy (non-hydrogen) atoms. The molecular weight excluding hydrogens is 420 g/mol. The number of hydrogen-bond donors (Lipinski definition) is 0. The number of thioether (sulfide) groups is 1. The molecule has 4 nitrogen and oxygen atoms in total. The molecule has 0 radical (unpaired) electrons. The number of rotatable bonds is 5. The van der Waals surface area contributed by atoms with Gasteiger partial charge in [0, 0.05) is 21.5 Å². The lowest BCUT2D eigenvalue weighted by Crippen LogP contribution is -2.22. The van der Waals surface area contributed by atoms with Crippen molar-refractivity contribution in [2.45, 2.75) is 32.5 Å². The van der Waals surface area contributed by atoms with Crippen LogP contribution in [0.3, 0.4) is 0 Å². The standard InChI is InChI=1S/C18H17BrN2O2S2/c1-4-21-17(23)15-10(2)11(3)25-16(15)20-18(21)24-9-14(22)12-5-7-13(19)8-6-12/h5-8H,4,9H2,1-3H3. The van der Waals surface area contributed by atoms with Crippen molar-refractivity contribution in [3.05, 3.63) is 55.1 Å². The molecule has 0 spiro atoms. The Kier molecular flexibility index (Phi) is 5.46. The number of thiophene rings is 1. The van der Waals surface area contributed by atoms with Crippen molar-refractivity contribution < 1.29 is 4.79 Å². The van der Waals surface area contributed by atoms with Crippen LogP contribution >= 0.6 is 39.0 Å². The van der Waals surface area contributed by atoms with Crippen LogP contribution in [0.5, 0.6) is 0 Å². The summed E-state index contributed by atoms with van der Waals surface area (Å²) in [5, 5.41) is 1.31. The first kappa shape index (κ1) is 18.4. The average molecular weight is 437 g/mol. The van der Waals surface area contributed by atoms with E-state index in [4.69, 9.17) is 0 Å². The molecule has 0 amide bonds. The molecule has 7 heteroatoms. The maximum absolute atomic E-state index is 12.8.